The highest BCUT2D eigenvalue weighted by Gasteiger charge is 2.31. The zero-order chi connectivity index (χ0) is 24.4. The summed E-state index contributed by atoms with van der Waals surface area (Å²) in [5.74, 6) is 0.790. The first-order valence-electron chi connectivity index (χ1n) is 11.4. The Morgan fingerprint density at radius 1 is 0.971 bits per heavy atom. The molecule has 0 unspecified atom stereocenters. The molecule has 2 aromatic carbocycles. The predicted octanol–water partition coefficient (Wildman–Crippen LogP) is 5.62. The van der Waals surface area contributed by atoms with Crippen LogP contribution in [-0.2, 0) is 16.0 Å². The fourth-order valence-electron chi connectivity index (χ4n) is 4.51. The van der Waals surface area contributed by atoms with E-state index < -0.39 is 6.04 Å². The number of fused-ring (bicyclic) bond motifs is 1. The van der Waals surface area contributed by atoms with Crippen LogP contribution in [0.25, 0.3) is 11.0 Å². The van der Waals surface area contributed by atoms with Crippen LogP contribution in [0.4, 0.5) is 0 Å². The van der Waals surface area contributed by atoms with Crippen molar-refractivity contribution in [2.75, 3.05) is 26.2 Å². The smallest absolute Gasteiger partial charge is 0.245 e. The molecule has 2 amide bonds. The first-order chi connectivity index (χ1) is 16.3. The van der Waals surface area contributed by atoms with Crippen LogP contribution in [0.5, 0.6) is 0 Å². The second-order valence-electron chi connectivity index (χ2n) is 8.56. The van der Waals surface area contributed by atoms with Gasteiger partial charge in [-0.3, -0.25) is 9.59 Å². The molecule has 0 aliphatic carbocycles. The van der Waals surface area contributed by atoms with E-state index in [0.29, 0.717) is 59.6 Å². The van der Waals surface area contributed by atoms with Crippen molar-refractivity contribution in [2.24, 2.45) is 0 Å². The van der Waals surface area contributed by atoms with Crippen molar-refractivity contribution in [3.63, 3.8) is 0 Å². The summed E-state index contributed by atoms with van der Waals surface area (Å²) in [5, 5.41) is 1.48. The molecule has 6 nitrogen and oxygen atoms in total. The summed E-state index contributed by atoms with van der Waals surface area (Å²) in [6, 6.07) is 10.7. The minimum absolute atomic E-state index is 0.0239. The van der Waals surface area contributed by atoms with Crippen molar-refractivity contribution in [3.8, 4) is 0 Å². The van der Waals surface area contributed by atoms with Gasteiger partial charge in [0, 0.05) is 44.5 Å². The number of carbonyl (C=O) groups excluding carboxylic acids is 2. The lowest BCUT2D eigenvalue weighted by Crippen LogP contribution is -2.51. The number of carbonyl (C=O) groups is 2. The van der Waals surface area contributed by atoms with Crippen molar-refractivity contribution < 1.29 is 9.59 Å². The second-order valence-corrected chi connectivity index (χ2v) is 9.78. The standard InChI is InChI=1S/C25H27Cl3N4O2/c1-3-6-22(25(34)31-11-9-30(10-12-31)16(2)33)32-23-15-20(28)19(27)14-21(23)29-24(32)13-17-7-4-5-8-18(17)26/h4-5,7-8,14-15,22H,3,6,9-13H2,1-2H3/t22-/m1/s1. The Hall–Kier alpha value is -2.28. The minimum atomic E-state index is -0.450. The summed E-state index contributed by atoms with van der Waals surface area (Å²) >= 11 is 19.1. The second kappa shape index (κ2) is 10.5. The molecule has 0 N–H and O–H groups in total. The number of piperazine rings is 1. The van der Waals surface area contributed by atoms with Gasteiger partial charge in [-0.15, -0.1) is 0 Å². The average Bonchev–Trinajstić information content (AvgIpc) is 3.15. The molecule has 180 valence electrons. The summed E-state index contributed by atoms with van der Waals surface area (Å²) in [7, 11) is 0. The van der Waals surface area contributed by atoms with Crippen LogP contribution >= 0.6 is 34.8 Å². The summed E-state index contributed by atoms with van der Waals surface area (Å²) in [6.45, 7) is 5.72. The van der Waals surface area contributed by atoms with Crippen LogP contribution < -0.4 is 0 Å². The fourth-order valence-corrected chi connectivity index (χ4v) is 5.03. The normalized spacial score (nSPS) is 15.1. The van der Waals surface area contributed by atoms with E-state index in [1.54, 1.807) is 24.0 Å². The predicted molar refractivity (Wildman–Crippen MR) is 137 cm³/mol. The molecule has 0 saturated carbocycles. The number of hydrogen-bond acceptors (Lipinski definition) is 3. The lowest BCUT2D eigenvalue weighted by molar-refractivity contribution is -0.140. The van der Waals surface area contributed by atoms with Crippen LogP contribution in [0.3, 0.4) is 0 Å². The molecule has 3 aromatic rings. The molecule has 2 heterocycles. The zero-order valence-corrected chi connectivity index (χ0v) is 21.5. The number of nitrogens with zero attached hydrogens (tertiary/aromatic N) is 4. The molecule has 1 aliphatic heterocycles. The summed E-state index contributed by atoms with van der Waals surface area (Å²) in [4.78, 5) is 34.0. The van der Waals surface area contributed by atoms with Crippen LogP contribution in [0, 0.1) is 0 Å². The van der Waals surface area contributed by atoms with E-state index in [0.717, 1.165) is 23.3 Å². The van der Waals surface area contributed by atoms with Gasteiger partial charge in [0.15, 0.2) is 0 Å². The molecule has 0 spiro atoms. The average molecular weight is 522 g/mol. The highest BCUT2D eigenvalue weighted by Crippen LogP contribution is 2.33. The Morgan fingerprint density at radius 2 is 1.62 bits per heavy atom. The third-order valence-corrected chi connectivity index (χ3v) is 7.40. The van der Waals surface area contributed by atoms with Crippen LogP contribution in [0.15, 0.2) is 36.4 Å². The van der Waals surface area contributed by atoms with Gasteiger partial charge in [0.1, 0.15) is 11.9 Å². The fraction of sp³-hybridized carbons (Fsp3) is 0.400. The van der Waals surface area contributed by atoms with Gasteiger partial charge in [-0.1, -0.05) is 66.3 Å². The maximum absolute atomic E-state index is 13.8. The number of halogens is 3. The highest BCUT2D eigenvalue weighted by atomic mass is 35.5. The first-order valence-corrected chi connectivity index (χ1v) is 12.6. The minimum Gasteiger partial charge on any atom is -0.339 e. The molecule has 1 aromatic heterocycles. The summed E-state index contributed by atoms with van der Waals surface area (Å²) in [6.07, 6.45) is 1.93. The van der Waals surface area contributed by atoms with Gasteiger partial charge >= 0.3 is 0 Å². The third kappa shape index (κ3) is 5.04. The number of rotatable bonds is 6. The van der Waals surface area contributed by atoms with E-state index in [-0.39, 0.29) is 11.8 Å². The van der Waals surface area contributed by atoms with E-state index in [2.05, 4.69) is 6.92 Å². The number of imidazole rings is 1. The Morgan fingerprint density at radius 3 is 2.26 bits per heavy atom. The molecule has 34 heavy (non-hydrogen) atoms. The van der Waals surface area contributed by atoms with Crippen molar-refractivity contribution in [2.45, 2.75) is 39.2 Å². The van der Waals surface area contributed by atoms with E-state index in [1.165, 1.54) is 0 Å². The van der Waals surface area contributed by atoms with E-state index in [1.807, 2.05) is 33.7 Å². The molecule has 1 fully saturated rings. The largest absolute Gasteiger partial charge is 0.339 e. The van der Waals surface area contributed by atoms with E-state index >= 15 is 0 Å². The summed E-state index contributed by atoms with van der Waals surface area (Å²) < 4.78 is 2.00. The molecule has 1 saturated heterocycles. The van der Waals surface area contributed by atoms with Crippen molar-refractivity contribution >= 4 is 57.7 Å². The van der Waals surface area contributed by atoms with Gasteiger partial charge in [-0.05, 0) is 30.2 Å². The molecular weight excluding hydrogens is 495 g/mol. The molecule has 0 bridgehead atoms. The van der Waals surface area contributed by atoms with Gasteiger partial charge < -0.3 is 14.4 Å². The van der Waals surface area contributed by atoms with Gasteiger partial charge in [0.25, 0.3) is 0 Å². The van der Waals surface area contributed by atoms with Crippen molar-refractivity contribution in [1.29, 1.82) is 0 Å². The monoisotopic (exact) mass is 520 g/mol. The van der Waals surface area contributed by atoms with Crippen molar-refractivity contribution in [1.82, 2.24) is 19.4 Å². The van der Waals surface area contributed by atoms with Crippen LogP contribution in [0.2, 0.25) is 15.1 Å². The van der Waals surface area contributed by atoms with Gasteiger partial charge in [0.05, 0.1) is 21.1 Å². The summed E-state index contributed by atoms with van der Waals surface area (Å²) in [5.41, 5.74) is 2.38. The zero-order valence-electron chi connectivity index (χ0n) is 19.2. The first kappa shape index (κ1) is 24.8. The van der Waals surface area contributed by atoms with Crippen LogP contribution in [-0.4, -0.2) is 57.3 Å². The Labute approximate surface area is 214 Å². The lowest BCUT2D eigenvalue weighted by atomic mass is 10.1. The topological polar surface area (TPSA) is 58.4 Å². The number of benzene rings is 2. The van der Waals surface area contributed by atoms with Gasteiger partial charge in [0.2, 0.25) is 11.8 Å². The highest BCUT2D eigenvalue weighted by molar-refractivity contribution is 6.42. The molecule has 1 atom stereocenters. The molecule has 1 aliphatic rings. The number of amides is 2. The van der Waals surface area contributed by atoms with Gasteiger partial charge in [-0.25, -0.2) is 4.98 Å². The Kier molecular flexibility index (Phi) is 7.70. The SMILES string of the molecule is CCC[C@H](C(=O)N1CCN(C(C)=O)CC1)n1c(Cc2ccccc2Cl)nc2cc(Cl)c(Cl)cc21. The Bertz CT molecular complexity index is 1220. The number of hydrogen-bond donors (Lipinski definition) is 0. The van der Waals surface area contributed by atoms with Crippen LogP contribution in [0.1, 0.15) is 44.1 Å². The van der Waals surface area contributed by atoms with Gasteiger partial charge in [-0.2, -0.15) is 0 Å². The molecule has 0 radical (unpaired) electrons. The molecule has 9 heteroatoms. The van der Waals surface area contributed by atoms with E-state index in [9.17, 15) is 9.59 Å². The number of aromatic nitrogens is 2. The lowest BCUT2D eigenvalue weighted by Gasteiger charge is -2.36. The van der Waals surface area contributed by atoms with E-state index in [4.69, 9.17) is 39.8 Å². The molecule has 4 rings (SSSR count). The van der Waals surface area contributed by atoms with Crippen molar-refractivity contribution in [3.05, 3.63) is 62.9 Å². The maximum Gasteiger partial charge on any atom is 0.245 e. The third-order valence-electron chi connectivity index (χ3n) is 6.31. The Balaban J connectivity index is 1.77. The maximum atomic E-state index is 13.8. The molecular formula is C25H27Cl3N4O2. The quantitative estimate of drug-likeness (QED) is 0.423.